The van der Waals surface area contributed by atoms with Gasteiger partial charge < -0.3 is 4.90 Å². The second-order valence-corrected chi connectivity index (χ2v) is 9.83. The van der Waals surface area contributed by atoms with Crippen LogP contribution in [0.3, 0.4) is 0 Å². The predicted octanol–water partition coefficient (Wildman–Crippen LogP) is 5.00. The lowest BCUT2D eigenvalue weighted by Gasteiger charge is -2.36. The Morgan fingerprint density at radius 1 is 0.912 bits per heavy atom. The Hall–Kier alpha value is -2.80. The lowest BCUT2D eigenvalue weighted by atomic mass is 9.89. The number of nitrogens with zero attached hydrogens (tertiary/aromatic N) is 6. The highest BCUT2D eigenvalue weighted by Gasteiger charge is 2.24. The second-order valence-electron chi connectivity index (χ2n) is 9.83. The van der Waals surface area contributed by atoms with Gasteiger partial charge in [0.05, 0.1) is 5.69 Å². The molecule has 3 aromatic rings. The van der Waals surface area contributed by atoms with Gasteiger partial charge in [0.15, 0.2) is 5.82 Å². The maximum absolute atomic E-state index is 13.4. The topological polar surface area (TPSA) is 50.1 Å². The van der Waals surface area contributed by atoms with Gasteiger partial charge >= 0.3 is 0 Å². The molecule has 0 radical (unpaired) electrons. The summed E-state index contributed by atoms with van der Waals surface area (Å²) in [6.07, 6.45) is 10.3. The first-order chi connectivity index (χ1) is 16.6. The van der Waals surface area contributed by atoms with Crippen LogP contribution in [-0.4, -0.2) is 50.8 Å². The first-order valence-electron chi connectivity index (χ1n) is 12.7. The highest BCUT2D eigenvalue weighted by atomic mass is 19.1. The number of aromatic nitrogens is 4. The van der Waals surface area contributed by atoms with E-state index >= 15 is 0 Å². The average molecular weight is 463 g/mol. The summed E-state index contributed by atoms with van der Waals surface area (Å²) in [4.78, 5) is 14.0. The van der Waals surface area contributed by atoms with Gasteiger partial charge in [-0.3, -0.25) is 14.6 Å². The minimum absolute atomic E-state index is 0.240. The lowest BCUT2D eigenvalue weighted by Crippen LogP contribution is -2.46. The third-order valence-electron chi connectivity index (χ3n) is 7.54. The smallest absolute Gasteiger partial charge is 0.155 e. The molecule has 0 amide bonds. The van der Waals surface area contributed by atoms with Crippen molar-refractivity contribution in [2.24, 2.45) is 5.92 Å². The van der Waals surface area contributed by atoms with Gasteiger partial charge in [-0.2, -0.15) is 5.10 Å². The summed E-state index contributed by atoms with van der Waals surface area (Å²) in [5, 5.41) is 4.92. The Kier molecular flexibility index (Phi) is 6.90. The fraction of sp³-hybridized carbons (Fsp3) is 0.519. The van der Waals surface area contributed by atoms with Gasteiger partial charge in [-0.15, -0.1) is 0 Å². The van der Waals surface area contributed by atoms with E-state index in [1.54, 1.807) is 24.5 Å². The SMILES string of the molecule is Cc1nn(CC2CCCCC2)c(C)c1CN1CCN(c2nccnc2-c2ccc(F)cc2)CC1. The predicted molar refractivity (Wildman–Crippen MR) is 133 cm³/mol. The zero-order valence-electron chi connectivity index (χ0n) is 20.4. The maximum atomic E-state index is 13.4. The summed E-state index contributed by atoms with van der Waals surface area (Å²) in [7, 11) is 0. The molecule has 34 heavy (non-hydrogen) atoms. The minimum atomic E-state index is -0.240. The molecule has 3 heterocycles. The van der Waals surface area contributed by atoms with Crippen molar-refractivity contribution in [1.82, 2.24) is 24.6 Å². The molecule has 2 aromatic heterocycles. The van der Waals surface area contributed by atoms with Crippen molar-refractivity contribution >= 4 is 5.82 Å². The molecule has 0 bridgehead atoms. The van der Waals surface area contributed by atoms with Crippen molar-refractivity contribution in [3.8, 4) is 11.3 Å². The molecule has 7 heteroatoms. The van der Waals surface area contributed by atoms with Gasteiger partial charge in [-0.25, -0.2) is 9.37 Å². The van der Waals surface area contributed by atoms with Gasteiger partial charge in [0.1, 0.15) is 11.5 Å². The average Bonchev–Trinajstić information content (AvgIpc) is 3.13. The number of rotatable bonds is 6. The van der Waals surface area contributed by atoms with Crippen LogP contribution in [0, 0.1) is 25.6 Å². The van der Waals surface area contributed by atoms with E-state index in [2.05, 4.69) is 38.3 Å². The summed E-state index contributed by atoms with van der Waals surface area (Å²) in [6, 6.07) is 6.50. The van der Waals surface area contributed by atoms with Crippen molar-refractivity contribution in [3.63, 3.8) is 0 Å². The fourth-order valence-electron chi connectivity index (χ4n) is 5.47. The van der Waals surface area contributed by atoms with Gasteiger partial charge in [0.25, 0.3) is 0 Å². The molecule has 1 aliphatic carbocycles. The number of piperazine rings is 1. The molecule has 1 saturated carbocycles. The van der Waals surface area contributed by atoms with Crippen molar-refractivity contribution in [3.05, 3.63) is 59.4 Å². The largest absolute Gasteiger partial charge is 0.352 e. The Morgan fingerprint density at radius 3 is 2.35 bits per heavy atom. The number of hydrogen-bond donors (Lipinski definition) is 0. The van der Waals surface area contributed by atoms with E-state index in [1.165, 1.54) is 61.2 Å². The molecule has 2 fully saturated rings. The van der Waals surface area contributed by atoms with Gasteiger partial charge in [-0.1, -0.05) is 19.3 Å². The van der Waals surface area contributed by atoms with Gasteiger partial charge in [0, 0.05) is 68.5 Å². The Morgan fingerprint density at radius 2 is 1.62 bits per heavy atom. The molecule has 1 saturated heterocycles. The molecule has 0 unspecified atom stereocenters. The monoisotopic (exact) mass is 462 g/mol. The summed E-state index contributed by atoms with van der Waals surface area (Å²) in [5.41, 5.74) is 5.59. The first kappa shape index (κ1) is 23.0. The van der Waals surface area contributed by atoms with Crippen molar-refractivity contribution in [1.29, 1.82) is 0 Å². The van der Waals surface area contributed by atoms with Gasteiger partial charge in [-0.05, 0) is 56.9 Å². The highest BCUT2D eigenvalue weighted by molar-refractivity contribution is 5.72. The first-order valence-corrected chi connectivity index (χ1v) is 12.7. The lowest BCUT2D eigenvalue weighted by molar-refractivity contribution is 0.248. The van der Waals surface area contributed by atoms with Crippen LogP contribution in [0.15, 0.2) is 36.7 Å². The van der Waals surface area contributed by atoms with Crippen LogP contribution in [0.4, 0.5) is 10.2 Å². The normalized spacial score (nSPS) is 17.9. The van der Waals surface area contributed by atoms with E-state index in [4.69, 9.17) is 5.10 Å². The molecule has 0 atom stereocenters. The highest BCUT2D eigenvalue weighted by Crippen LogP contribution is 2.29. The number of halogens is 1. The fourth-order valence-corrected chi connectivity index (χ4v) is 5.47. The van der Waals surface area contributed by atoms with Crippen LogP contribution >= 0.6 is 0 Å². The molecular formula is C27H35FN6. The maximum Gasteiger partial charge on any atom is 0.155 e. The molecule has 6 nitrogen and oxygen atoms in total. The van der Waals surface area contributed by atoms with Crippen LogP contribution in [-0.2, 0) is 13.1 Å². The van der Waals surface area contributed by atoms with E-state index in [0.29, 0.717) is 0 Å². The molecule has 0 N–H and O–H groups in total. The zero-order valence-corrected chi connectivity index (χ0v) is 20.4. The van der Waals surface area contributed by atoms with E-state index in [9.17, 15) is 4.39 Å². The van der Waals surface area contributed by atoms with Crippen molar-refractivity contribution in [2.75, 3.05) is 31.1 Å². The third kappa shape index (κ3) is 4.99. The summed E-state index contributed by atoms with van der Waals surface area (Å²) in [5.74, 6) is 1.42. The van der Waals surface area contributed by atoms with E-state index in [1.807, 2.05) is 0 Å². The van der Waals surface area contributed by atoms with Crippen LogP contribution in [0.25, 0.3) is 11.3 Å². The molecule has 1 aliphatic heterocycles. The molecule has 5 rings (SSSR count). The van der Waals surface area contributed by atoms with Crippen molar-refractivity contribution < 1.29 is 4.39 Å². The number of aryl methyl sites for hydroxylation is 1. The number of hydrogen-bond acceptors (Lipinski definition) is 5. The molecule has 180 valence electrons. The standard InChI is InChI=1S/C27H35FN6/c1-20-25(21(2)34(31-20)18-22-6-4-3-5-7-22)19-32-14-16-33(17-15-32)27-26(29-12-13-30-27)23-8-10-24(28)11-9-23/h8-13,22H,3-7,14-19H2,1-2H3. The molecular weight excluding hydrogens is 427 g/mol. The van der Waals surface area contributed by atoms with E-state index < -0.39 is 0 Å². The van der Waals surface area contributed by atoms with Crippen LogP contribution in [0.2, 0.25) is 0 Å². The number of anilines is 1. The zero-order chi connectivity index (χ0) is 23.5. The molecule has 2 aliphatic rings. The summed E-state index contributed by atoms with van der Waals surface area (Å²) >= 11 is 0. The Balaban J connectivity index is 1.23. The molecule has 1 aromatic carbocycles. The van der Waals surface area contributed by atoms with Gasteiger partial charge in [0.2, 0.25) is 0 Å². The second kappa shape index (κ2) is 10.2. The quantitative estimate of drug-likeness (QED) is 0.516. The van der Waals surface area contributed by atoms with Crippen LogP contribution in [0.5, 0.6) is 0 Å². The third-order valence-corrected chi connectivity index (χ3v) is 7.54. The molecule has 0 spiro atoms. The summed E-state index contributed by atoms with van der Waals surface area (Å²) in [6.45, 7) is 10.1. The van der Waals surface area contributed by atoms with E-state index in [-0.39, 0.29) is 5.82 Å². The van der Waals surface area contributed by atoms with Crippen LogP contribution < -0.4 is 4.90 Å². The Bertz CT molecular complexity index is 1090. The van der Waals surface area contributed by atoms with Crippen molar-refractivity contribution in [2.45, 2.75) is 59.0 Å². The Labute approximate surface area is 201 Å². The summed E-state index contributed by atoms with van der Waals surface area (Å²) < 4.78 is 15.7. The minimum Gasteiger partial charge on any atom is -0.352 e. The van der Waals surface area contributed by atoms with E-state index in [0.717, 1.165) is 62.3 Å². The van der Waals surface area contributed by atoms with Crippen LogP contribution in [0.1, 0.15) is 49.1 Å². The number of benzene rings is 1.